The molecule has 1 aromatic heterocycles. The van der Waals surface area contributed by atoms with Crippen molar-refractivity contribution in [2.75, 3.05) is 13.1 Å². The first kappa shape index (κ1) is 13.1. The molecule has 2 N–H and O–H groups in total. The molecule has 0 radical (unpaired) electrons. The fourth-order valence-corrected chi connectivity index (χ4v) is 1.74. The Hall–Kier alpha value is -2.38. The Morgan fingerprint density at radius 1 is 1.42 bits per heavy atom. The van der Waals surface area contributed by atoms with Crippen LogP contribution in [0.4, 0.5) is 4.79 Å². The fraction of sp³-hybridized carbons (Fsp3) is 0.455. The number of rotatable bonds is 4. The number of hydrogen-bond acceptors (Lipinski definition) is 4. The lowest BCUT2D eigenvalue weighted by molar-refractivity contribution is -0.137. The van der Waals surface area contributed by atoms with Crippen molar-refractivity contribution < 1.29 is 14.7 Å². The summed E-state index contributed by atoms with van der Waals surface area (Å²) in [5.74, 6) is -0.986. The number of carbonyl (C=O) groups is 2. The second-order valence-electron chi connectivity index (χ2n) is 4.17. The van der Waals surface area contributed by atoms with E-state index in [2.05, 4.69) is 15.6 Å². The van der Waals surface area contributed by atoms with Gasteiger partial charge >= 0.3 is 12.0 Å². The van der Waals surface area contributed by atoms with E-state index in [1.165, 1.54) is 10.9 Å². The summed E-state index contributed by atoms with van der Waals surface area (Å²) in [5, 5.41) is 18.8. The maximum Gasteiger partial charge on any atom is 0.325 e. The summed E-state index contributed by atoms with van der Waals surface area (Å²) in [6.07, 6.45) is 6.36. The zero-order valence-electron chi connectivity index (χ0n) is 10.3. The van der Waals surface area contributed by atoms with Crippen LogP contribution in [0, 0.1) is 0 Å². The molecule has 0 atom stereocenters. The van der Waals surface area contributed by atoms with Gasteiger partial charge < -0.3 is 15.3 Å². The van der Waals surface area contributed by atoms with Gasteiger partial charge in [0.25, 0.3) is 0 Å². The minimum absolute atomic E-state index is 0.155. The summed E-state index contributed by atoms with van der Waals surface area (Å²) in [6.45, 7) is 1.31. The number of hydrogen-bond donors (Lipinski definition) is 2. The molecule has 2 amide bonds. The van der Waals surface area contributed by atoms with Crippen LogP contribution in [0.25, 0.3) is 0 Å². The highest BCUT2D eigenvalue weighted by Crippen LogP contribution is 2.01. The Morgan fingerprint density at radius 3 is 2.95 bits per heavy atom. The summed E-state index contributed by atoms with van der Waals surface area (Å²) in [4.78, 5) is 24.0. The molecule has 1 aromatic rings. The summed E-state index contributed by atoms with van der Waals surface area (Å²) < 4.78 is 1.22. The number of nitrogens with one attached hydrogen (secondary N) is 1. The highest BCUT2D eigenvalue weighted by molar-refractivity contribution is 5.74. The van der Waals surface area contributed by atoms with E-state index >= 15 is 0 Å². The van der Waals surface area contributed by atoms with Crippen LogP contribution in [-0.2, 0) is 17.9 Å². The maximum absolute atomic E-state index is 11.8. The quantitative estimate of drug-likeness (QED) is 0.736. The SMILES string of the molecule is O=C(O)Cn1cc(CNC(=O)N2CC=CCC2)nn1. The Balaban J connectivity index is 1.81. The van der Waals surface area contributed by atoms with Gasteiger partial charge in [-0.3, -0.25) is 4.79 Å². The van der Waals surface area contributed by atoms with Gasteiger partial charge in [-0.15, -0.1) is 5.10 Å². The normalized spacial score (nSPS) is 14.4. The monoisotopic (exact) mass is 265 g/mol. The molecule has 1 aliphatic heterocycles. The molecule has 1 aliphatic rings. The average molecular weight is 265 g/mol. The van der Waals surface area contributed by atoms with Crippen LogP contribution in [0.2, 0.25) is 0 Å². The number of aliphatic carboxylic acids is 1. The third-order valence-corrected chi connectivity index (χ3v) is 2.65. The number of carboxylic acid groups (broad SMARTS) is 1. The summed E-state index contributed by atoms with van der Waals surface area (Å²) in [5.41, 5.74) is 0.530. The molecular weight excluding hydrogens is 250 g/mol. The highest BCUT2D eigenvalue weighted by Gasteiger charge is 2.13. The second kappa shape index (κ2) is 5.98. The first-order valence-electron chi connectivity index (χ1n) is 5.94. The number of urea groups is 1. The van der Waals surface area contributed by atoms with E-state index in [1.54, 1.807) is 4.90 Å². The lowest BCUT2D eigenvalue weighted by atomic mass is 10.3. The van der Waals surface area contributed by atoms with Crippen LogP contribution in [0.3, 0.4) is 0 Å². The number of nitrogens with zero attached hydrogens (tertiary/aromatic N) is 4. The Morgan fingerprint density at radius 2 is 2.26 bits per heavy atom. The smallest absolute Gasteiger partial charge is 0.325 e. The van der Waals surface area contributed by atoms with Crippen molar-refractivity contribution in [3.63, 3.8) is 0 Å². The van der Waals surface area contributed by atoms with Gasteiger partial charge in [-0.2, -0.15) is 0 Å². The van der Waals surface area contributed by atoms with Gasteiger partial charge in [-0.05, 0) is 6.42 Å². The van der Waals surface area contributed by atoms with Crippen molar-refractivity contribution in [2.45, 2.75) is 19.5 Å². The first-order chi connectivity index (χ1) is 9.15. The maximum atomic E-state index is 11.8. The number of carboxylic acids is 1. The van der Waals surface area contributed by atoms with E-state index < -0.39 is 5.97 Å². The standard InChI is InChI=1S/C11H15N5O3/c17-10(18)8-16-7-9(13-14-16)6-12-11(19)15-4-2-1-3-5-15/h1-2,7H,3-6,8H2,(H,12,19)(H,17,18). The van der Waals surface area contributed by atoms with Crippen LogP contribution >= 0.6 is 0 Å². The molecular formula is C11H15N5O3. The predicted octanol–water partition coefficient (Wildman–Crippen LogP) is -0.166. The van der Waals surface area contributed by atoms with Crippen LogP contribution < -0.4 is 5.32 Å². The minimum atomic E-state index is -0.986. The molecule has 0 spiro atoms. The molecule has 8 heteroatoms. The van der Waals surface area contributed by atoms with Gasteiger partial charge in [0.15, 0.2) is 0 Å². The molecule has 2 rings (SSSR count). The molecule has 2 heterocycles. The highest BCUT2D eigenvalue weighted by atomic mass is 16.4. The molecule has 0 saturated heterocycles. The topological polar surface area (TPSA) is 100 Å². The molecule has 0 bridgehead atoms. The number of aromatic nitrogens is 3. The van der Waals surface area contributed by atoms with E-state index in [0.717, 1.165) is 6.42 Å². The molecule has 0 aromatic carbocycles. The molecule has 0 unspecified atom stereocenters. The Bertz CT molecular complexity index is 496. The van der Waals surface area contributed by atoms with E-state index in [-0.39, 0.29) is 19.1 Å². The average Bonchev–Trinajstić information content (AvgIpc) is 2.84. The van der Waals surface area contributed by atoms with E-state index in [0.29, 0.717) is 18.8 Å². The summed E-state index contributed by atoms with van der Waals surface area (Å²) >= 11 is 0. The van der Waals surface area contributed by atoms with Gasteiger partial charge in [0.2, 0.25) is 0 Å². The van der Waals surface area contributed by atoms with Gasteiger partial charge in [-0.1, -0.05) is 17.4 Å². The fourth-order valence-electron chi connectivity index (χ4n) is 1.74. The summed E-state index contributed by atoms with van der Waals surface area (Å²) in [7, 11) is 0. The molecule has 0 fully saturated rings. The van der Waals surface area contributed by atoms with Crippen molar-refractivity contribution in [3.8, 4) is 0 Å². The second-order valence-corrected chi connectivity index (χ2v) is 4.17. The molecule has 102 valence electrons. The van der Waals surface area contributed by atoms with Crippen LogP contribution in [0.5, 0.6) is 0 Å². The minimum Gasteiger partial charge on any atom is -0.480 e. The van der Waals surface area contributed by atoms with E-state index in [1.807, 2.05) is 12.2 Å². The largest absolute Gasteiger partial charge is 0.480 e. The summed E-state index contributed by atoms with van der Waals surface area (Å²) in [6, 6.07) is -0.155. The van der Waals surface area contributed by atoms with Crippen molar-refractivity contribution in [3.05, 3.63) is 24.0 Å². The van der Waals surface area contributed by atoms with E-state index in [9.17, 15) is 9.59 Å². The van der Waals surface area contributed by atoms with Gasteiger partial charge in [0.1, 0.15) is 12.2 Å². The first-order valence-corrected chi connectivity index (χ1v) is 5.94. The molecule has 8 nitrogen and oxygen atoms in total. The van der Waals surface area contributed by atoms with Crippen molar-refractivity contribution in [1.82, 2.24) is 25.2 Å². The zero-order chi connectivity index (χ0) is 13.7. The van der Waals surface area contributed by atoms with Crippen LogP contribution in [0.15, 0.2) is 18.3 Å². The lowest BCUT2D eigenvalue weighted by Gasteiger charge is -2.23. The van der Waals surface area contributed by atoms with Gasteiger partial charge in [-0.25, -0.2) is 9.48 Å². The van der Waals surface area contributed by atoms with Crippen LogP contribution in [0.1, 0.15) is 12.1 Å². The third kappa shape index (κ3) is 3.80. The molecule has 0 saturated carbocycles. The Kier molecular flexibility index (Phi) is 4.11. The van der Waals surface area contributed by atoms with Crippen molar-refractivity contribution in [1.29, 1.82) is 0 Å². The number of amides is 2. The predicted molar refractivity (Wildman–Crippen MR) is 65.2 cm³/mol. The zero-order valence-corrected chi connectivity index (χ0v) is 10.3. The van der Waals surface area contributed by atoms with Crippen molar-refractivity contribution in [2.24, 2.45) is 0 Å². The van der Waals surface area contributed by atoms with Gasteiger partial charge in [0.05, 0.1) is 12.7 Å². The lowest BCUT2D eigenvalue weighted by Crippen LogP contribution is -2.41. The third-order valence-electron chi connectivity index (χ3n) is 2.65. The Labute approximate surface area is 109 Å². The molecule has 19 heavy (non-hydrogen) atoms. The van der Waals surface area contributed by atoms with Crippen LogP contribution in [-0.4, -0.2) is 50.1 Å². The number of carbonyl (C=O) groups excluding carboxylic acids is 1. The molecule has 0 aliphatic carbocycles. The van der Waals surface area contributed by atoms with E-state index in [4.69, 9.17) is 5.11 Å². The van der Waals surface area contributed by atoms with Crippen molar-refractivity contribution >= 4 is 12.0 Å². The van der Waals surface area contributed by atoms with Gasteiger partial charge in [0, 0.05) is 13.1 Å².